The highest BCUT2D eigenvalue weighted by Gasteiger charge is 2.49. The third-order valence-electron chi connectivity index (χ3n) is 17.4. The maximum atomic E-state index is 2.69. The van der Waals surface area contributed by atoms with E-state index in [2.05, 4.69) is 248 Å². The molecule has 0 radical (unpaired) electrons. The van der Waals surface area contributed by atoms with E-state index in [0.717, 1.165) is 0 Å². The SMILES string of the molecule is Cc1cc2c3c(c1)N(c1ccc(C(C)(C)C)cc1-c1ccccc1)c1cc4c(cc1B3c1cc(C(C)(C)C)ccc1N2c1cc2c(cc1C)C(C)(C)CCC2(C)C)C(C)(C)c1ccccc1C4(C)C. The van der Waals surface area contributed by atoms with Crippen molar-refractivity contribution < 1.29 is 0 Å². The summed E-state index contributed by atoms with van der Waals surface area (Å²) in [6.07, 6.45) is 2.37. The molecular formula is C66H73BN2. The Morgan fingerprint density at radius 2 is 0.899 bits per heavy atom. The summed E-state index contributed by atoms with van der Waals surface area (Å²) in [5.41, 5.74) is 27.9. The largest absolute Gasteiger partial charge is 0.311 e. The topological polar surface area (TPSA) is 6.48 Å². The second kappa shape index (κ2) is 14.9. The van der Waals surface area contributed by atoms with Crippen molar-refractivity contribution >= 4 is 57.2 Å². The van der Waals surface area contributed by atoms with Crippen LogP contribution < -0.4 is 26.2 Å². The first-order valence-electron chi connectivity index (χ1n) is 25.8. The fraction of sp³-hybridized carbons (Fsp3) is 0.364. The fourth-order valence-corrected chi connectivity index (χ4v) is 13.1. The Kier molecular flexibility index (Phi) is 9.83. The molecule has 11 rings (SSSR count). The summed E-state index contributed by atoms with van der Waals surface area (Å²) in [5.74, 6) is 0. The van der Waals surface area contributed by atoms with E-state index in [0.29, 0.717) is 0 Å². The minimum atomic E-state index is -0.217. The molecule has 0 aromatic heterocycles. The normalized spacial score (nSPS) is 17.8. The zero-order valence-electron chi connectivity index (χ0n) is 44.5. The Bertz CT molecular complexity index is 3270. The molecule has 0 spiro atoms. The zero-order valence-corrected chi connectivity index (χ0v) is 44.5. The van der Waals surface area contributed by atoms with Crippen LogP contribution in [0.25, 0.3) is 11.1 Å². The van der Waals surface area contributed by atoms with Crippen LogP contribution >= 0.6 is 0 Å². The monoisotopic (exact) mass is 905 g/mol. The average molecular weight is 905 g/mol. The van der Waals surface area contributed by atoms with Crippen molar-refractivity contribution in [1.82, 2.24) is 0 Å². The molecule has 0 fully saturated rings. The zero-order chi connectivity index (χ0) is 49.1. The molecule has 2 nitrogen and oxygen atoms in total. The molecular weight excluding hydrogens is 832 g/mol. The fourth-order valence-electron chi connectivity index (χ4n) is 13.1. The molecule has 0 N–H and O–H groups in total. The lowest BCUT2D eigenvalue weighted by atomic mass is 9.33. The van der Waals surface area contributed by atoms with Gasteiger partial charge in [-0.2, -0.15) is 0 Å². The van der Waals surface area contributed by atoms with Gasteiger partial charge in [0.05, 0.1) is 5.69 Å². The summed E-state index contributed by atoms with van der Waals surface area (Å²) >= 11 is 0. The van der Waals surface area contributed by atoms with Gasteiger partial charge in [0.2, 0.25) is 0 Å². The van der Waals surface area contributed by atoms with Gasteiger partial charge in [-0.3, -0.25) is 0 Å². The Hall–Kier alpha value is -5.80. The lowest BCUT2D eigenvalue weighted by molar-refractivity contribution is 0.332. The second-order valence-electron chi connectivity index (χ2n) is 25.9. The van der Waals surface area contributed by atoms with E-state index in [4.69, 9.17) is 0 Å². The van der Waals surface area contributed by atoms with Gasteiger partial charge in [-0.1, -0.05) is 182 Å². The molecule has 2 aliphatic carbocycles. The molecule has 3 heteroatoms. The van der Waals surface area contributed by atoms with Crippen LogP contribution in [-0.4, -0.2) is 6.71 Å². The minimum absolute atomic E-state index is 0.000821. The van der Waals surface area contributed by atoms with Gasteiger partial charge in [-0.25, -0.2) is 0 Å². The highest BCUT2D eigenvalue weighted by Crippen LogP contribution is 2.55. The summed E-state index contributed by atoms with van der Waals surface area (Å²) in [7, 11) is 0. The van der Waals surface area contributed by atoms with Gasteiger partial charge in [-0.15, -0.1) is 0 Å². The summed E-state index contributed by atoms with van der Waals surface area (Å²) in [5, 5.41) is 0. The molecule has 69 heavy (non-hydrogen) atoms. The average Bonchev–Trinajstić information content (AvgIpc) is 3.29. The molecule has 0 bridgehead atoms. The van der Waals surface area contributed by atoms with Crippen LogP contribution in [0.3, 0.4) is 0 Å². The summed E-state index contributed by atoms with van der Waals surface area (Å²) < 4.78 is 0. The molecule has 2 heterocycles. The smallest absolute Gasteiger partial charge is 0.252 e. The number of benzene rings is 7. The van der Waals surface area contributed by atoms with Crippen LogP contribution in [0.1, 0.15) is 165 Å². The first-order valence-corrected chi connectivity index (χ1v) is 25.8. The van der Waals surface area contributed by atoms with Crippen LogP contribution in [0, 0.1) is 13.8 Å². The van der Waals surface area contributed by atoms with Crippen LogP contribution in [0.4, 0.5) is 34.1 Å². The number of anilines is 6. The summed E-state index contributed by atoms with van der Waals surface area (Å²) in [4.78, 5) is 5.38. The predicted octanol–water partition coefficient (Wildman–Crippen LogP) is 16.0. The molecule has 4 aliphatic rings. The molecule has 2 aliphatic heterocycles. The maximum absolute atomic E-state index is 2.69. The van der Waals surface area contributed by atoms with Gasteiger partial charge in [0.1, 0.15) is 0 Å². The predicted molar refractivity (Wildman–Crippen MR) is 299 cm³/mol. The Balaban J connectivity index is 1.29. The Morgan fingerprint density at radius 1 is 0.420 bits per heavy atom. The molecule has 0 saturated carbocycles. The standard InChI is InChI=1S/C66H73BN2/c1-40-32-58-60-59(33-40)69(56-38-49-48(34-41(56)2)63(9,10)30-31-64(49,11)12)55-29-27-44(62(6,7)8)36-52(55)67(60)53-37-50-51(66(15,16)47-25-21-20-24-46(47)65(50,13)14)39-57(53)68(58)54-28-26-43(61(3,4)5)35-45(54)42-22-18-17-19-23-42/h17-29,32-39H,30-31H2,1-16H3. The number of hydrogen-bond acceptors (Lipinski definition) is 2. The van der Waals surface area contributed by atoms with Crippen LogP contribution in [0.15, 0.2) is 127 Å². The van der Waals surface area contributed by atoms with Crippen molar-refractivity contribution in [2.45, 2.75) is 156 Å². The van der Waals surface area contributed by atoms with Gasteiger partial charge in [0.15, 0.2) is 0 Å². The number of nitrogens with zero attached hydrogens (tertiary/aromatic N) is 2. The first kappa shape index (κ1) is 45.6. The summed E-state index contributed by atoms with van der Waals surface area (Å²) in [6.45, 7) is 38.5. The maximum Gasteiger partial charge on any atom is 0.252 e. The van der Waals surface area contributed by atoms with Gasteiger partial charge in [-0.05, 0) is 168 Å². The van der Waals surface area contributed by atoms with E-state index in [-0.39, 0.29) is 39.2 Å². The van der Waals surface area contributed by atoms with Gasteiger partial charge < -0.3 is 9.80 Å². The molecule has 350 valence electrons. The molecule has 0 saturated heterocycles. The number of fused-ring (bicyclic) bond motifs is 7. The lowest BCUT2D eigenvalue weighted by Gasteiger charge is -2.49. The lowest BCUT2D eigenvalue weighted by Crippen LogP contribution is -2.62. The van der Waals surface area contributed by atoms with Crippen LogP contribution in [0.5, 0.6) is 0 Å². The Morgan fingerprint density at radius 3 is 1.48 bits per heavy atom. The number of hydrogen-bond donors (Lipinski definition) is 0. The molecule has 0 atom stereocenters. The summed E-state index contributed by atoms with van der Waals surface area (Å²) in [6, 6.07) is 50.7. The van der Waals surface area contributed by atoms with Gasteiger partial charge in [0.25, 0.3) is 6.71 Å². The van der Waals surface area contributed by atoms with E-state index in [9.17, 15) is 0 Å². The number of rotatable bonds is 3. The van der Waals surface area contributed by atoms with E-state index in [1.54, 1.807) is 0 Å². The highest BCUT2D eigenvalue weighted by atomic mass is 15.2. The third kappa shape index (κ3) is 6.79. The first-order chi connectivity index (χ1) is 32.3. The minimum Gasteiger partial charge on any atom is -0.311 e. The third-order valence-corrected chi connectivity index (χ3v) is 17.4. The van der Waals surface area contributed by atoms with Crippen molar-refractivity contribution in [3.63, 3.8) is 0 Å². The van der Waals surface area contributed by atoms with E-state index >= 15 is 0 Å². The van der Waals surface area contributed by atoms with Gasteiger partial charge >= 0.3 is 0 Å². The number of aryl methyl sites for hydroxylation is 2. The molecule has 7 aromatic rings. The quantitative estimate of drug-likeness (QED) is 0.163. The van der Waals surface area contributed by atoms with Crippen molar-refractivity contribution in [3.05, 3.63) is 183 Å². The van der Waals surface area contributed by atoms with Crippen molar-refractivity contribution in [1.29, 1.82) is 0 Å². The molecule has 0 amide bonds. The Labute approximate surface area is 415 Å². The van der Waals surface area contributed by atoms with Crippen molar-refractivity contribution in [3.8, 4) is 11.1 Å². The van der Waals surface area contributed by atoms with E-state index in [1.165, 1.54) is 130 Å². The van der Waals surface area contributed by atoms with E-state index < -0.39 is 0 Å². The van der Waals surface area contributed by atoms with E-state index in [1.807, 2.05) is 0 Å². The second-order valence-corrected chi connectivity index (χ2v) is 25.9. The van der Waals surface area contributed by atoms with Crippen LogP contribution in [0.2, 0.25) is 0 Å². The van der Waals surface area contributed by atoms with Crippen molar-refractivity contribution in [2.75, 3.05) is 9.80 Å². The molecule has 7 aromatic carbocycles. The molecule has 0 unspecified atom stereocenters. The highest BCUT2D eigenvalue weighted by molar-refractivity contribution is 7.00. The van der Waals surface area contributed by atoms with Crippen molar-refractivity contribution in [2.24, 2.45) is 0 Å². The van der Waals surface area contributed by atoms with Crippen LogP contribution in [-0.2, 0) is 32.5 Å². The van der Waals surface area contributed by atoms with Gasteiger partial charge in [0, 0.05) is 44.8 Å².